The lowest BCUT2D eigenvalue weighted by molar-refractivity contribution is 0.242. The maximum Gasteiger partial charge on any atom is 0.173 e. The van der Waals surface area contributed by atoms with Crippen LogP contribution >= 0.6 is 15.9 Å². The molecular weight excluding hydrogens is 340 g/mol. The van der Waals surface area contributed by atoms with Gasteiger partial charge in [0.15, 0.2) is 11.6 Å². The van der Waals surface area contributed by atoms with Crippen LogP contribution in [0.25, 0.3) is 0 Å². The monoisotopic (exact) mass is 355 g/mol. The maximum atomic E-state index is 13.6. The molecule has 0 amide bonds. The molecule has 0 fully saturated rings. The van der Waals surface area contributed by atoms with Crippen molar-refractivity contribution in [1.82, 2.24) is 0 Å². The zero-order valence-corrected chi connectivity index (χ0v) is 13.3. The van der Waals surface area contributed by atoms with E-state index in [-0.39, 0.29) is 10.6 Å². The lowest BCUT2D eigenvalue weighted by atomic mass is 9.99. The molecule has 21 heavy (non-hydrogen) atoms. The largest absolute Gasteiger partial charge is 0.491 e. The first-order valence-electron chi connectivity index (χ1n) is 6.55. The molecule has 2 aromatic carbocycles. The minimum absolute atomic E-state index is 0.0532. The molecule has 0 aliphatic heterocycles. The van der Waals surface area contributed by atoms with Gasteiger partial charge in [-0.25, -0.2) is 8.78 Å². The first-order chi connectivity index (χ1) is 9.90. The van der Waals surface area contributed by atoms with E-state index in [0.29, 0.717) is 5.56 Å². The summed E-state index contributed by atoms with van der Waals surface area (Å²) in [4.78, 5) is 0. The van der Waals surface area contributed by atoms with Gasteiger partial charge in [-0.1, -0.05) is 18.2 Å². The Kier molecular flexibility index (Phi) is 4.96. The van der Waals surface area contributed by atoms with Gasteiger partial charge in [0.2, 0.25) is 0 Å². The van der Waals surface area contributed by atoms with E-state index < -0.39 is 17.7 Å². The van der Waals surface area contributed by atoms with Crippen LogP contribution in [0, 0.1) is 11.6 Å². The predicted octanol–water partition coefficient (Wildman–Crippen LogP) is 4.56. The Morgan fingerprint density at radius 3 is 2.24 bits per heavy atom. The van der Waals surface area contributed by atoms with Crippen molar-refractivity contribution in [2.45, 2.75) is 26.0 Å². The smallest absolute Gasteiger partial charge is 0.173 e. The van der Waals surface area contributed by atoms with Crippen molar-refractivity contribution in [3.63, 3.8) is 0 Å². The highest BCUT2D eigenvalue weighted by atomic mass is 79.9. The van der Waals surface area contributed by atoms with Crippen molar-refractivity contribution >= 4 is 15.9 Å². The third-order valence-electron chi connectivity index (χ3n) is 3.01. The van der Waals surface area contributed by atoms with Crippen LogP contribution < -0.4 is 10.5 Å². The molecule has 2 nitrogen and oxygen atoms in total. The number of ether oxygens (including phenoxy) is 1. The van der Waals surface area contributed by atoms with Gasteiger partial charge in [-0.15, -0.1) is 0 Å². The molecule has 5 heteroatoms. The van der Waals surface area contributed by atoms with Gasteiger partial charge in [0.1, 0.15) is 5.75 Å². The fourth-order valence-corrected chi connectivity index (χ4v) is 2.55. The Morgan fingerprint density at radius 1 is 1.05 bits per heavy atom. The molecule has 2 aromatic rings. The van der Waals surface area contributed by atoms with Crippen molar-refractivity contribution in [2.24, 2.45) is 5.73 Å². The second-order valence-corrected chi connectivity index (χ2v) is 5.77. The van der Waals surface area contributed by atoms with Crippen molar-refractivity contribution in [1.29, 1.82) is 0 Å². The molecule has 0 bridgehead atoms. The van der Waals surface area contributed by atoms with Crippen molar-refractivity contribution in [2.75, 3.05) is 0 Å². The summed E-state index contributed by atoms with van der Waals surface area (Å²) in [7, 11) is 0. The fourth-order valence-electron chi connectivity index (χ4n) is 1.99. The van der Waals surface area contributed by atoms with Crippen LogP contribution in [-0.4, -0.2) is 6.10 Å². The van der Waals surface area contributed by atoms with E-state index in [1.54, 1.807) is 0 Å². The summed E-state index contributed by atoms with van der Waals surface area (Å²) in [5.41, 5.74) is 7.41. The van der Waals surface area contributed by atoms with E-state index in [2.05, 4.69) is 15.9 Å². The van der Waals surface area contributed by atoms with Crippen LogP contribution in [0.4, 0.5) is 8.78 Å². The molecule has 2 rings (SSSR count). The van der Waals surface area contributed by atoms with E-state index >= 15 is 0 Å². The van der Waals surface area contributed by atoms with Gasteiger partial charge in [0.05, 0.1) is 16.6 Å². The minimum Gasteiger partial charge on any atom is -0.491 e. The average molecular weight is 356 g/mol. The number of hydrogen-bond donors (Lipinski definition) is 1. The number of benzene rings is 2. The molecule has 112 valence electrons. The number of hydrogen-bond acceptors (Lipinski definition) is 2. The molecule has 1 unspecified atom stereocenters. The summed E-state index contributed by atoms with van der Waals surface area (Å²) in [6, 6.07) is 9.25. The van der Waals surface area contributed by atoms with E-state index in [4.69, 9.17) is 10.5 Å². The molecule has 0 aliphatic rings. The van der Waals surface area contributed by atoms with Crippen molar-refractivity contribution in [3.8, 4) is 5.75 Å². The Morgan fingerprint density at radius 2 is 1.67 bits per heavy atom. The Balaban J connectivity index is 2.28. The molecule has 2 N–H and O–H groups in total. The summed E-state index contributed by atoms with van der Waals surface area (Å²) >= 11 is 3.06. The average Bonchev–Trinajstić information content (AvgIpc) is 2.44. The first kappa shape index (κ1) is 15.9. The summed E-state index contributed by atoms with van der Waals surface area (Å²) in [6.07, 6.45) is 0.0878. The van der Waals surface area contributed by atoms with Crippen LogP contribution in [0.3, 0.4) is 0 Å². The van der Waals surface area contributed by atoms with Gasteiger partial charge in [-0.05, 0) is 59.1 Å². The molecule has 1 atom stereocenters. The highest BCUT2D eigenvalue weighted by molar-refractivity contribution is 9.10. The van der Waals surface area contributed by atoms with Gasteiger partial charge >= 0.3 is 0 Å². The van der Waals surface area contributed by atoms with Crippen molar-refractivity contribution < 1.29 is 13.5 Å². The van der Waals surface area contributed by atoms with E-state index in [1.165, 1.54) is 6.07 Å². The Labute approximate surface area is 131 Å². The lowest BCUT2D eigenvalue weighted by Crippen LogP contribution is -2.13. The third-order valence-corrected chi connectivity index (χ3v) is 3.82. The van der Waals surface area contributed by atoms with Gasteiger partial charge < -0.3 is 10.5 Å². The molecule has 0 aromatic heterocycles. The Hall–Kier alpha value is -1.46. The highest BCUT2D eigenvalue weighted by Gasteiger charge is 2.17. The Bertz CT molecular complexity index is 629. The van der Waals surface area contributed by atoms with Crippen LogP contribution in [0.1, 0.15) is 31.0 Å². The standard InChI is InChI=1S/C16H16BrF2NO/c1-9(2)21-11-5-3-10(4-6-11)16(20)12-7-8-13(18)15(19)14(12)17/h3-9,16H,20H2,1-2H3. The van der Waals surface area contributed by atoms with Crippen LogP contribution in [0.15, 0.2) is 40.9 Å². The zero-order chi connectivity index (χ0) is 15.6. The number of nitrogens with two attached hydrogens (primary N) is 1. The summed E-state index contributed by atoms with van der Waals surface area (Å²) in [5, 5.41) is 0. The molecule has 0 saturated carbocycles. The van der Waals surface area contributed by atoms with Crippen LogP contribution in [-0.2, 0) is 0 Å². The van der Waals surface area contributed by atoms with Crippen LogP contribution in [0.5, 0.6) is 5.75 Å². The normalized spacial score (nSPS) is 12.5. The minimum atomic E-state index is -0.928. The summed E-state index contributed by atoms with van der Waals surface area (Å²) in [6.45, 7) is 3.89. The molecule has 0 radical (unpaired) electrons. The maximum absolute atomic E-state index is 13.6. The molecular formula is C16H16BrF2NO. The second-order valence-electron chi connectivity index (χ2n) is 4.98. The van der Waals surface area contributed by atoms with Gasteiger partial charge in [-0.3, -0.25) is 0 Å². The molecule has 0 saturated heterocycles. The molecule has 0 heterocycles. The summed E-state index contributed by atoms with van der Waals surface area (Å²) < 4.78 is 32.3. The van der Waals surface area contributed by atoms with Gasteiger partial charge in [0.25, 0.3) is 0 Å². The lowest BCUT2D eigenvalue weighted by Gasteiger charge is -2.16. The van der Waals surface area contributed by atoms with Gasteiger partial charge in [0, 0.05) is 0 Å². The van der Waals surface area contributed by atoms with E-state index in [0.717, 1.165) is 17.4 Å². The predicted molar refractivity (Wildman–Crippen MR) is 82.3 cm³/mol. The van der Waals surface area contributed by atoms with Gasteiger partial charge in [-0.2, -0.15) is 0 Å². The van der Waals surface area contributed by atoms with Crippen molar-refractivity contribution in [3.05, 3.63) is 63.6 Å². The molecule has 0 aliphatic carbocycles. The number of halogens is 3. The van der Waals surface area contributed by atoms with E-state index in [9.17, 15) is 8.78 Å². The first-order valence-corrected chi connectivity index (χ1v) is 7.35. The SMILES string of the molecule is CC(C)Oc1ccc(C(N)c2ccc(F)c(F)c2Br)cc1. The second kappa shape index (κ2) is 6.54. The topological polar surface area (TPSA) is 35.2 Å². The zero-order valence-electron chi connectivity index (χ0n) is 11.7. The quantitative estimate of drug-likeness (QED) is 0.815. The number of rotatable bonds is 4. The summed E-state index contributed by atoms with van der Waals surface area (Å²) in [5.74, 6) is -1.09. The fraction of sp³-hybridized carbons (Fsp3) is 0.250. The third kappa shape index (κ3) is 3.60. The highest BCUT2D eigenvalue weighted by Crippen LogP contribution is 2.30. The van der Waals surface area contributed by atoms with E-state index in [1.807, 2.05) is 38.1 Å². The molecule has 0 spiro atoms. The van der Waals surface area contributed by atoms with Crippen LogP contribution in [0.2, 0.25) is 0 Å².